The van der Waals surface area contributed by atoms with Crippen LogP contribution in [-0.4, -0.2) is 37.2 Å². The Morgan fingerprint density at radius 1 is 0.375 bits per heavy atom. The number of esters is 3. The van der Waals surface area contributed by atoms with Crippen LogP contribution >= 0.6 is 0 Å². The molecule has 0 aliphatic carbocycles. The van der Waals surface area contributed by atoms with Crippen molar-refractivity contribution >= 4 is 17.9 Å². The maximum atomic E-state index is 12.7. The molecule has 0 aromatic carbocycles. The molecule has 0 aromatic rings. The van der Waals surface area contributed by atoms with Gasteiger partial charge in [0.05, 0.1) is 0 Å². The van der Waals surface area contributed by atoms with E-state index in [2.05, 4.69) is 93.7 Å². The monoisotopic (exact) mass is 781 g/mol. The molecular weight excluding hydrogens is 697 g/mol. The lowest BCUT2D eigenvalue weighted by Gasteiger charge is -2.18. The lowest BCUT2D eigenvalue weighted by atomic mass is 10.1. The number of unbranched alkanes of at least 4 members (excludes halogenated alkanes) is 17. The van der Waals surface area contributed by atoms with Gasteiger partial charge in [-0.3, -0.25) is 14.4 Å². The fourth-order valence-corrected chi connectivity index (χ4v) is 6.01. The van der Waals surface area contributed by atoms with Crippen LogP contribution in [0.3, 0.4) is 0 Å². The molecule has 1 atom stereocenters. The van der Waals surface area contributed by atoms with Gasteiger partial charge in [-0.1, -0.05) is 184 Å². The molecule has 1 unspecified atom stereocenters. The Bertz CT molecular complexity index is 1080. The minimum atomic E-state index is -0.796. The second kappa shape index (κ2) is 44.6. The molecule has 0 saturated carbocycles. The number of hydrogen-bond donors (Lipinski definition) is 0. The summed E-state index contributed by atoms with van der Waals surface area (Å²) < 4.78 is 16.6. The van der Waals surface area contributed by atoms with Gasteiger partial charge < -0.3 is 14.2 Å². The fourth-order valence-electron chi connectivity index (χ4n) is 6.01. The fraction of sp³-hybridized carbons (Fsp3) is 0.700. The molecule has 0 aliphatic rings. The van der Waals surface area contributed by atoms with Crippen molar-refractivity contribution in [2.75, 3.05) is 13.2 Å². The van der Waals surface area contributed by atoms with Crippen LogP contribution in [0.1, 0.15) is 207 Å². The third-order valence-corrected chi connectivity index (χ3v) is 9.43. The Balaban J connectivity index is 4.46. The molecule has 6 heteroatoms. The third kappa shape index (κ3) is 42.0. The van der Waals surface area contributed by atoms with E-state index in [9.17, 15) is 14.4 Å². The summed E-state index contributed by atoms with van der Waals surface area (Å²) in [7, 11) is 0. The van der Waals surface area contributed by atoms with Crippen LogP contribution in [0.15, 0.2) is 72.9 Å². The van der Waals surface area contributed by atoms with Crippen molar-refractivity contribution in [3.8, 4) is 0 Å². The highest BCUT2D eigenvalue weighted by Gasteiger charge is 2.19. The molecule has 0 amide bonds. The van der Waals surface area contributed by atoms with E-state index in [1.807, 2.05) is 0 Å². The molecule has 0 heterocycles. The first-order valence-corrected chi connectivity index (χ1v) is 22.9. The first-order valence-electron chi connectivity index (χ1n) is 22.9. The normalized spacial score (nSPS) is 12.7. The second-order valence-corrected chi connectivity index (χ2v) is 14.9. The maximum Gasteiger partial charge on any atom is 0.306 e. The molecule has 0 bridgehead atoms. The first kappa shape index (κ1) is 52.9. The minimum Gasteiger partial charge on any atom is -0.462 e. The van der Waals surface area contributed by atoms with Gasteiger partial charge in [-0.2, -0.15) is 0 Å². The van der Waals surface area contributed by atoms with E-state index in [1.54, 1.807) is 0 Å². The van der Waals surface area contributed by atoms with Gasteiger partial charge in [-0.15, -0.1) is 0 Å². The standard InChI is InChI=1S/C50H84O6/c1-4-7-10-13-16-19-22-23-24-25-26-27-29-31-34-37-40-43-49(52)55-46-47(45-54-48(51)42-39-36-33-30-21-18-15-12-9-6-3)56-50(53)44-41-38-35-32-28-20-17-14-11-8-5-2/h7,10,12,15-16,19,23-24,26-27,31,34,47H,4-6,8-9,11,13-14,17-18,20-22,25,28-30,32-33,35-46H2,1-3H3/b10-7-,15-12-,19-16-,24-23-,27-26-,34-31-. The van der Waals surface area contributed by atoms with Crippen molar-refractivity contribution in [1.82, 2.24) is 0 Å². The zero-order valence-corrected chi connectivity index (χ0v) is 36.4. The van der Waals surface area contributed by atoms with E-state index >= 15 is 0 Å². The van der Waals surface area contributed by atoms with Crippen LogP contribution < -0.4 is 0 Å². The highest BCUT2D eigenvalue weighted by molar-refractivity contribution is 5.71. The summed E-state index contributed by atoms with van der Waals surface area (Å²) >= 11 is 0. The van der Waals surface area contributed by atoms with Crippen LogP contribution in [0.4, 0.5) is 0 Å². The summed E-state index contributed by atoms with van der Waals surface area (Å²) in [6, 6.07) is 0. The Kier molecular flexibility index (Phi) is 42.1. The number of rotatable bonds is 40. The van der Waals surface area contributed by atoms with Crippen molar-refractivity contribution in [1.29, 1.82) is 0 Å². The van der Waals surface area contributed by atoms with Crippen molar-refractivity contribution in [2.45, 2.75) is 213 Å². The van der Waals surface area contributed by atoms with E-state index in [1.165, 1.54) is 64.2 Å². The van der Waals surface area contributed by atoms with Gasteiger partial charge in [0.25, 0.3) is 0 Å². The van der Waals surface area contributed by atoms with Crippen molar-refractivity contribution < 1.29 is 28.6 Å². The number of allylic oxidation sites excluding steroid dienone is 12. The third-order valence-electron chi connectivity index (χ3n) is 9.43. The van der Waals surface area contributed by atoms with E-state index < -0.39 is 6.10 Å². The minimum absolute atomic E-state index is 0.0970. The molecule has 320 valence electrons. The highest BCUT2D eigenvalue weighted by atomic mass is 16.6. The Morgan fingerprint density at radius 2 is 0.750 bits per heavy atom. The number of carbonyl (C=O) groups excluding carboxylic acids is 3. The van der Waals surface area contributed by atoms with Gasteiger partial charge in [0.1, 0.15) is 13.2 Å². The smallest absolute Gasteiger partial charge is 0.306 e. The van der Waals surface area contributed by atoms with Gasteiger partial charge in [0.15, 0.2) is 6.10 Å². The Labute approximate surface area is 344 Å². The van der Waals surface area contributed by atoms with Gasteiger partial charge in [-0.05, 0) is 77.0 Å². The van der Waals surface area contributed by atoms with E-state index in [0.29, 0.717) is 19.3 Å². The summed E-state index contributed by atoms with van der Waals surface area (Å²) in [5.74, 6) is -0.973. The molecule has 0 radical (unpaired) electrons. The van der Waals surface area contributed by atoms with Gasteiger partial charge in [0, 0.05) is 19.3 Å². The SMILES string of the molecule is CC/C=C\C/C=C\C/C=C\C/C=C\C/C=C\CCCC(=O)OCC(COC(=O)CCCCCCC/C=C\CCC)OC(=O)CCCCCCCCCCCCC. The molecule has 0 aromatic heterocycles. The second-order valence-electron chi connectivity index (χ2n) is 14.9. The zero-order chi connectivity index (χ0) is 40.8. The largest absolute Gasteiger partial charge is 0.462 e. The lowest BCUT2D eigenvalue weighted by molar-refractivity contribution is -0.167. The summed E-state index contributed by atoms with van der Waals surface area (Å²) in [5, 5.41) is 0. The molecule has 6 nitrogen and oxygen atoms in total. The van der Waals surface area contributed by atoms with Crippen LogP contribution in [0.25, 0.3) is 0 Å². The Morgan fingerprint density at radius 3 is 1.25 bits per heavy atom. The van der Waals surface area contributed by atoms with Gasteiger partial charge in [-0.25, -0.2) is 0 Å². The van der Waals surface area contributed by atoms with Crippen molar-refractivity contribution in [3.05, 3.63) is 72.9 Å². The molecule has 0 fully saturated rings. The number of ether oxygens (including phenoxy) is 3. The molecule has 0 aliphatic heterocycles. The average molecular weight is 781 g/mol. The molecule has 56 heavy (non-hydrogen) atoms. The predicted molar refractivity (Wildman–Crippen MR) is 238 cm³/mol. The van der Waals surface area contributed by atoms with Crippen LogP contribution in [0.2, 0.25) is 0 Å². The molecule has 0 rings (SSSR count). The number of hydrogen-bond acceptors (Lipinski definition) is 6. The topological polar surface area (TPSA) is 78.9 Å². The summed E-state index contributed by atoms with van der Waals surface area (Å²) in [5.41, 5.74) is 0. The lowest BCUT2D eigenvalue weighted by Crippen LogP contribution is -2.30. The van der Waals surface area contributed by atoms with E-state index in [4.69, 9.17) is 14.2 Å². The quantitative estimate of drug-likeness (QED) is 0.0267. The van der Waals surface area contributed by atoms with Gasteiger partial charge >= 0.3 is 17.9 Å². The van der Waals surface area contributed by atoms with Gasteiger partial charge in [0.2, 0.25) is 0 Å². The average Bonchev–Trinajstić information content (AvgIpc) is 3.19. The van der Waals surface area contributed by atoms with Crippen LogP contribution in [-0.2, 0) is 28.6 Å². The first-order chi connectivity index (χ1) is 27.5. The summed E-state index contributed by atoms with van der Waals surface area (Å²) in [6.07, 6.45) is 54.6. The number of carbonyl (C=O) groups is 3. The molecule has 0 saturated heterocycles. The Hall–Kier alpha value is -3.15. The van der Waals surface area contributed by atoms with Crippen LogP contribution in [0.5, 0.6) is 0 Å². The predicted octanol–water partition coefficient (Wildman–Crippen LogP) is 14.7. The molecule has 0 N–H and O–H groups in total. The van der Waals surface area contributed by atoms with Crippen molar-refractivity contribution in [3.63, 3.8) is 0 Å². The molecular formula is C50H84O6. The highest BCUT2D eigenvalue weighted by Crippen LogP contribution is 2.14. The maximum absolute atomic E-state index is 12.7. The van der Waals surface area contributed by atoms with Crippen molar-refractivity contribution in [2.24, 2.45) is 0 Å². The van der Waals surface area contributed by atoms with E-state index in [-0.39, 0.29) is 37.5 Å². The van der Waals surface area contributed by atoms with Crippen LogP contribution in [0, 0.1) is 0 Å². The molecule has 0 spiro atoms. The summed E-state index contributed by atoms with van der Waals surface area (Å²) in [4.78, 5) is 37.7. The zero-order valence-electron chi connectivity index (χ0n) is 36.4. The summed E-state index contributed by atoms with van der Waals surface area (Å²) in [6.45, 7) is 6.38. The van der Waals surface area contributed by atoms with E-state index in [0.717, 1.165) is 96.3 Å².